The Labute approximate surface area is 151 Å². The Morgan fingerprint density at radius 1 is 1.12 bits per heavy atom. The lowest BCUT2D eigenvalue weighted by molar-refractivity contribution is 0.0628. The van der Waals surface area contributed by atoms with Crippen LogP contribution in [0.25, 0.3) is 10.8 Å². The first-order chi connectivity index (χ1) is 12.6. The zero-order valence-corrected chi connectivity index (χ0v) is 14.6. The zero-order chi connectivity index (χ0) is 18.1. The number of Topliss-reactive ketones (excluding diaryl/α,β-unsaturated/α-hetero) is 1. The van der Waals surface area contributed by atoms with Crippen molar-refractivity contribution in [2.45, 2.75) is 19.8 Å². The van der Waals surface area contributed by atoms with Gasteiger partial charge >= 0.3 is 0 Å². The van der Waals surface area contributed by atoms with E-state index in [0.29, 0.717) is 30.1 Å². The van der Waals surface area contributed by atoms with Gasteiger partial charge < -0.3 is 9.42 Å². The summed E-state index contributed by atoms with van der Waals surface area (Å²) in [5.74, 6) is 0.360. The number of benzene rings is 2. The molecule has 0 saturated carbocycles. The average molecular weight is 348 g/mol. The molecule has 1 aliphatic rings. The molecule has 1 amide bonds. The Morgan fingerprint density at radius 2 is 1.92 bits per heavy atom. The Bertz CT molecular complexity index is 976. The summed E-state index contributed by atoms with van der Waals surface area (Å²) in [6.07, 6.45) is 1.61. The van der Waals surface area contributed by atoms with Gasteiger partial charge in [0.1, 0.15) is 5.76 Å². The van der Waals surface area contributed by atoms with E-state index in [1.807, 2.05) is 42.5 Å². The molecule has 0 bridgehead atoms. The van der Waals surface area contributed by atoms with Gasteiger partial charge in [-0.2, -0.15) is 0 Å². The topological polar surface area (TPSA) is 63.4 Å². The lowest BCUT2D eigenvalue weighted by Gasteiger charge is -2.31. The van der Waals surface area contributed by atoms with Gasteiger partial charge in [-0.25, -0.2) is 0 Å². The van der Waals surface area contributed by atoms with E-state index in [1.54, 1.807) is 17.9 Å². The lowest BCUT2D eigenvalue weighted by atomic mass is 9.89. The number of hydrogen-bond donors (Lipinski definition) is 0. The first kappa shape index (κ1) is 16.5. The van der Waals surface area contributed by atoms with Crippen molar-refractivity contribution in [2.24, 2.45) is 5.92 Å². The summed E-state index contributed by atoms with van der Waals surface area (Å²) in [5, 5.41) is 5.97. The molecule has 1 aromatic heterocycles. The van der Waals surface area contributed by atoms with Crippen LogP contribution in [0.4, 0.5) is 0 Å². The van der Waals surface area contributed by atoms with Crippen LogP contribution in [0.15, 0.2) is 53.1 Å². The van der Waals surface area contributed by atoms with E-state index in [9.17, 15) is 9.59 Å². The third kappa shape index (κ3) is 3.12. The van der Waals surface area contributed by atoms with Crippen molar-refractivity contribution in [3.8, 4) is 0 Å². The van der Waals surface area contributed by atoms with Crippen molar-refractivity contribution in [1.82, 2.24) is 10.1 Å². The van der Waals surface area contributed by atoms with Crippen molar-refractivity contribution in [1.29, 1.82) is 0 Å². The molecule has 3 aromatic rings. The van der Waals surface area contributed by atoms with Gasteiger partial charge in [0.25, 0.3) is 5.91 Å². The van der Waals surface area contributed by atoms with E-state index in [0.717, 1.165) is 23.6 Å². The van der Waals surface area contributed by atoms with Crippen molar-refractivity contribution < 1.29 is 14.1 Å². The fourth-order valence-electron chi connectivity index (χ4n) is 3.58. The van der Waals surface area contributed by atoms with E-state index in [1.165, 1.54) is 0 Å². The molecule has 0 spiro atoms. The Balaban J connectivity index is 1.53. The Morgan fingerprint density at radius 3 is 2.69 bits per heavy atom. The van der Waals surface area contributed by atoms with Gasteiger partial charge in [0.15, 0.2) is 11.5 Å². The summed E-state index contributed by atoms with van der Waals surface area (Å²) in [6.45, 7) is 2.83. The van der Waals surface area contributed by atoms with Gasteiger partial charge in [-0.05, 0) is 36.6 Å². The second kappa shape index (κ2) is 6.75. The maximum Gasteiger partial charge on any atom is 0.276 e. The molecule has 1 saturated heterocycles. The van der Waals surface area contributed by atoms with Crippen LogP contribution in [0, 0.1) is 12.8 Å². The first-order valence-electron chi connectivity index (χ1n) is 8.87. The summed E-state index contributed by atoms with van der Waals surface area (Å²) >= 11 is 0. The fraction of sp³-hybridized carbons (Fsp3) is 0.286. The second-order valence-corrected chi connectivity index (χ2v) is 6.84. The molecular weight excluding hydrogens is 328 g/mol. The summed E-state index contributed by atoms with van der Waals surface area (Å²) in [4.78, 5) is 27.3. The number of carbonyl (C=O) groups is 2. The number of fused-ring (bicyclic) bond motifs is 1. The van der Waals surface area contributed by atoms with Gasteiger partial charge in [-0.1, -0.05) is 41.6 Å². The molecule has 5 nitrogen and oxygen atoms in total. The minimum atomic E-state index is -0.179. The third-order valence-electron chi connectivity index (χ3n) is 4.96. The highest BCUT2D eigenvalue weighted by atomic mass is 16.5. The monoisotopic (exact) mass is 348 g/mol. The molecule has 2 aromatic carbocycles. The van der Waals surface area contributed by atoms with Crippen LogP contribution in [0.5, 0.6) is 0 Å². The van der Waals surface area contributed by atoms with Crippen LogP contribution in [-0.4, -0.2) is 34.8 Å². The van der Waals surface area contributed by atoms with Gasteiger partial charge in [-0.15, -0.1) is 0 Å². The number of likely N-dealkylation sites (tertiary alicyclic amines) is 1. The van der Waals surface area contributed by atoms with Crippen molar-refractivity contribution in [3.63, 3.8) is 0 Å². The first-order valence-corrected chi connectivity index (χ1v) is 8.87. The summed E-state index contributed by atoms with van der Waals surface area (Å²) in [6, 6.07) is 15.4. The third-order valence-corrected chi connectivity index (χ3v) is 4.96. The highest BCUT2D eigenvalue weighted by Crippen LogP contribution is 2.24. The molecule has 2 heterocycles. The van der Waals surface area contributed by atoms with Gasteiger partial charge in [0.05, 0.1) is 0 Å². The van der Waals surface area contributed by atoms with Crippen molar-refractivity contribution in [2.75, 3.05) is 13.1 Å². The van der Waals surface area contributed by atoms with Crippen LogP contribution >= 0.6 is 0 Å². The normalized spacial score (nSPS) is 17.4. The number of piperidine rings is 1. The summed E-state index contributed by atoms with van der Waals surface area (Å²) < 4.78 is 5.00. The number of hydrogen-bond acceptors (Lipinski definition) is 4. The molecule has 1 fully saturated rings. The van der Waals surface area contributed by atoms with E-state index < -0.39 is 0 Å². The van der Waals surface area contributed by atoms with E-state index in [4.69, 9.17) is 4.52 Å². The molecular formula is C21H20N2O3. The Kier molecular flexibility index (Phi) is 4.29. The van der Waals surface area contributed by atoms with Crippen LogP contribution in [-0.2, 0) is 0 Å². The van der Waals surface area contributed by atoms with Crippen LogP contribution < -0.4 is 0 Å². The molecule has 132 valence electrons. The predicted octanol–water partition coefficient (Wildman–Crippen LogP) is 3.87. The average Bonchev–Trinajstić information content (AvgIpc) is 3.13. The molecule has 0 aliphatic carbocycles. The number of carbonyl (C=O) groups excluding carboxylic acids is 2. The maximum absolute atomic E-state index is 13.0. The highest BCUT2D eigenvalue weighted by Gasteiger charge is 2.30. The summed E-state index contributed by atoms with van der Waals surface area (Å²) in [7, 11) is 0. The molecule has 5 heteroatoms. The quantitative estimate of drug-likeness (QED) is 0.674. The minimum Gasteiger partial charge on any atom is -0.361 e. The van der Waals surface area contributed by atoms with Crippen molar-refractivity contribution >= 4 is 22.5 Å². The number of aryl methyl sites for hydroxylation is 1. The maximum atomic E-state index is 13.0. The lowest BCUT2D eigenvalue weighted by Crippen LogP contribution is -2.42. The number of amides is 1. The number of ketones is 1. The van der Waals surface area contributed by atoms with E-state index in [-0.39, 0.29) is 17.6 Å². The van der Waals surface area contributed by atoms with E-state index in [2.05, 4.69) is 5.16 Å². The molecule has 1 atom stereocenters. The van der Waals surface area contributed by atoms with Gasteiger partial charge in [0.2, 0.25) is 0 Å². The van der Waals surface area contributed by atoms with Crippen LogP contribution in [0.2, 0.25) is 0 Å². The summed E-state index contributed by atoms with van der Waals surface area (Å²) in [5.41, 5.74) is 1.02. The Hall–Kier alpha value is -2.95. The molecule has 26 heavy (non-hydrogen) atoms. The van der Waals surface area contributed by atoms with Crippen LogP contribution in [0.3, 0.4) is 0 Å². The molecule has 0 radical (unpaired) electrons. The predicted molar refractivity (Wildman–Crippen MR) is 98.1 cm³/mol. The minimum absolute atomic E-state index is 0.101. The largest absolute Gasteiger partial charge is 0.361 e. The van der Waals surface area contributed by atoms with Crippen LogP contribution in [0.1, 0.15) is 39.4 Å². The number of aromatic nitrogens is 1. The van der Waals surface area contributed by atoms with E-state index >= 15 is 0 Å². The van der Waals surface area contributed by atoms with Crippen molar-refractivity contribution in [3.05, 3.63) is 65.5 Å². The number of nitrogens with zero attached hydrogens (tertiary/aromatic N) is 2. The molecule has 0 N–H and O–H groups in total. The second-order valence-electron chi connectivity index (χ2n) is 6.84. The fourth-order valence-corrected chi connectivity index (χ4v) is 3.58. The smallest absolute Gasteiger partial charge is 0.276 e. The number of rotatable bonds is 3. The molecule has 1 aliphatic heterocycles. The molecule has 0 unspecified atom stereocenters. The SMILES string of the molecule is Cc1cc(C(=O)N2CCC[C@@H](C(=O)c3ccc4ccccc4c3)C2)no1. The van der Waals surface area contributed by atoms with Gasteiger partial charge in [0, 0.05) is 30.6 Å². The zero-order valence-electron chi connectivity index (χ0n) is 14.6. The molecule has 4 rings (SSSR count). The highest BCUT2D eigenvalue weighted by molar-refractivity contribution is 6.02. The standard InChI is InChI=1S/C21H20N2O3/c1-14-11-19(22-26-14)21(25)23-10-4-7-18(13-23)20(24)17-9-8-15-5-2-3-6-16(15)12-17/h2-3,5-6,8-9,11-12,18H,4,7,10,13H2,1H3/t18-/m1/s1. The van der Waals surface area contributed by atoms with Gasteiger partial charge in [-0.3, -0.25) is 9.59 Å².